The van der Waals surface area contributed by atoms with Crippen LogP contribution >= 0.6 is 0 Å². The maximum atomic E-state index is 11.8. The van der Waals surface area contributed by atoms with Gasteiger partial charge in [-0.3, -0.25) is 0 Å². The highest BCUT2D eigenvalue weighted by Crippen LogP contribution is 2.25. The van der Waals surface area contributed by atoms with Gasteiger partial charge in [-0.25, -0.2) is 4.79 Å². The fourth-order valence-electron chi connectivity index (χ4n) is 2.37. The monoisotopic (exact) mass is 263 g/mol. The van der Waals surface area contributed by atoms with Gasteiger partial charge in [0, 0.05) is 13.1 Å². The summed E-state index contributed by atoms with van der Waals surface area (Å²) in [5.41, 5.74) is 7.67. The summed E-state index contributed by atoms with van der Waals surface area (Å²) in [6, 6.07) is 6.06. The summed E-state index contributed by atoms with van der Waals surface area (Å²) >= 11 is 0. The molecule has 0 saturated carbocycles. The molecule has 1 aromatic carbocycles. The van der Waals surface area contributed by atoms with Gasteiger partial charge < -0.3 is 20.7 Å². The number of aryl methyl sites for hydroxylation is 1. The second kappa shape index (κ2) is 5.93. The topological polar surface area (TPSA) is 67.6 Å². The number of nitrogens with one attached hydrogen (secondary N) is 1. The molecule has 104 valence electrons. The minimum atomic E-state index is -0.00748. The normalized spacial score (nSPS) is 18.6. The van der Waals surface area contributed by atoms with E-state index in [1.165, 1.54) is 0 Å². The highest BCUT2D eigenvalue weighted by Gasteiger charge is 2.29. The largest absolute Gasteiger partial charge is 0.496 e. The quantitative estimate of drug-likeness (QED) is 0.844. The molecule has 0 aliphatic carbocycles. The number of hydrogen-bond acceptors (Lipinski definition) is 3. The molecule has 0 radical (unpaired) electrons. The minimum absolute atomic E-state index is 0.00748. The number of urea groups is 1. The third kappa shape index (κ3) is 2.98. The Morgan fingerprint density at radius 2 is 2.32 bits per heavy atom. The summed E-state index contributed by atoms with van der Waals surface area (Å²) in [6.07, 6.45) is 0.835. The molecule has 0 spiro atoms. The van der Waals surface area contributed by atoms with E-state index in [2.05, 4.69) is 11.4 Å². The van der Waals surface area contributed by atoms with E-state index in [9.17, 15) is 4.79 Å². The van der Waals surface area contributed by atoms with Crippen molar-refractivity contribution < 1.29 is 9.53 Å². The molecule has 0 bridgehead atoms. The number of benzene rings is 1. The molecule has 1 unspecified atom stereocenters. The van der Waals surface area contributed by atoms with Gasteiger partial charge in [-0.15, -0.1) is 0 Å². The Hall–Kier alpha value is -1.75. The lowest BCUT2D eigenvalue weighted by Crippen LogP contribution is -2.30. The SMILES string of the molecule is COc1ccc(C2CN(CCCN)C(=O)N2)cc1C. The molecule has 5 heteroatoms. The van der Waals surface area contributed by atoms with Gasteiger partial charge in [0.2, 0.25) is 0 Å². The van der Waals surface area contributed by atoms with Crippen molar-refractivity contribution in [2.45, 2.75) is 19.4 Å². The van der Waals surface area contributed by atoms with E-state index >= 15 is 0 Å². The molecular weight excluding hydrogens is 242 g/mol. The first-order chi connectivity index (χ1) is 9.15. The van der Waals surface area contributed by atoms with Crippen molar-refractivity contribution in [3.63, 3.8) is 0 Å². The maximum Gasteiger partial charge on any atom is 0.318 e. The smallest absolute Gasteiger partial charge is 0.318 e. The van der Waals surface area contributed by atoms with Crippen molar-refractivity contribution in [1.29, 1.82) is 0 Å². The molecule has 1 heterocycles. The van der Waals surface area contributed by atoms with Crippen molar-refractivity contribution in [2.75, 3.05) is 26.7 Å². The summed E-state index contributed by atoms with van der Waals surface area (Å²) in [6.45, 7) is 4.03. The fraction of sp³-hybridized carbons (Fsp3) is 0.500. The van der Waals surface area contributed by atoms with Crippen LogP contribution in [0.5, 0.6) is 5.75 Å². The minimum Gasteiger partial charge on any atom is -0.496 e. The molecular formula is C14H21N3O2. The average Bonchev–Trinajstić information content (AvgIpc) is 2.77. The molecule has 0 aromatic heterocycles. The highest BCUT2D eigenvalue weighted by atomic mass is 16.5. The maximum absolute atomic E-state index is 11.8. The predicted molar refractivity (Wildman–Crippen MR) is 74.2 cm³/mol. The first-order valence-electron chi connectivity index (χ1n) is 6.55. The van der Waals surface area contributed by atoms with E-state index in [1.54, 1.807) is 7.11 Å². The van der Waals surface area contributed by atoms with E-state index in [0.29, 0.717) is 19.6 Å². The van der Waals surface area contributed by atoms with E-state index in [4.69, 9.17) is 10.5 Å². The van der Waals surface area contributed by atoms with E-state index in [-0.39, 0.29) is 12.1 Å². The fourth-order valence-corrected chi connectivity index (χ4v) is 2.37. The Morgan fingerprint density at radius 3 is 2.95 bits per heavy atom. The molecule has 1 saturated heterocycles. The van der Waals surface area contributed by atoms with Gasteiger partial charge in [0.05, 0.1) is 13.2 Å². The van der Waals surface area contributed by atoms with Crippen LogP contribution in [0.15, 0.2) is 18.2 Å². The van der Waals surface area contributed by atoms with Crippen molar-refractivity contribution >= 4 is 6.03 Å². The Morgan fingerprint density at radius 1 is 1.53 bits per heavy atom. The lowest BCUT2D eigenvalue weighted by atomic mass is 10.0. The van der Waals surface area contributed by atoms with Crippen molar-refractivity contribution in [3.05, 3.63) is 29.3 Å². The first-order valence-corrected chi connectivity index (χ1v) is 6.55. The summed E-state index contributed by atoms with van der Waals surface area (Å²) in [4.78, 5) is 13.6. The number of amides is 2. The van der Waals surface area contributed by atoms with Crippen LogP contribution in [-0.4, -0.2) is 37.7 Å². The van der Waals surface area contributed by atoms with Crippen molar-refractivity contribution in [3.8, 4) is 5.75 Å². The average molecular weight is 263 g/mol. The van der Waals surface area contributed by atoms with Crippen LogP contribution in [0, 0.1) is 6.92 Å². The van der Waals surface area contributed by atoms with Gasteiger partial charge in [0.25, 0.3) is 0 Å². The summed E-state index contributed by atoms with van der Waals surface area (Å²) in [5, 5.41) is 3.00. The highest BCUT2D eigenvalue weighted by molar-refractivity contribution is 5.77. The number of rotatable bonds is 5. The van der Waals surface area contributed by atoms with Gasteiger partial charge in [-0.05, 0) is 37.1 Å². The lowest BCUT2D eigenvalue weighted by molar-refractivity contribution is 0.217. The Balaban J connectivity index is 2.07. The molecule has 2 amide bonds. The summed E-state index contributed by atoms with van der Waals surface area (Å²) < 4.78 is 5.25. The second-order valence-electron chi connectivity index (χ2n) is 4.82. The Labute approximate surface area is 113 Å². The molecule has 3 N–H and O–H groups in total. The van der Waals surface area contributed by atoms with Gasteiger partial charge in [-0.1, -0.05) is 12.1 Å². The van der Waals surface area contributed by atoms with Crippen LogP contribution in [0.25, 0.3) is 0 Å². The van der Waals surface area contributed by atoms with E-state index in [1.807, 2.05) is 24.0 Å². The number of nitrogens with two attached hydrogens (primary N) is 1. The van der Waals surface area contributed by atoms with Crippen molar-refractivity contribution in [1.82, 2.24) is 10.2 Å². The van der Waals surface area contributed by atoms with Crippen LogP contribution in [-0.2, 0) is 0 Å². The Kier molecular flexibility index (Phi) is 4.27. The lowest BCUT2D eigenvalue weighted by Gasteiger charge is -2.14. The molecule has 5 nitrogen and oxygen atoms in total. The van der Waals surface area contributed by atoms with Gasteiger partial charge in [0.15, 0.2) is 0 Å². The number of nitrogens with zero attached hydrogens (tertiary/aromatic N) is 1. The zero-order chi connectivity index (χ0) is 13.8. The van der Waals surface area contributed by atoms with Crippen LogP contribution in [0.3, 0.4) is 0 Å². The summed E-state index contributed by atoms with van der Waals surface area (Å²) in [7, 11) is 1.66. The zero-order valence-electron chi connectivity index (χ0n) is 11.5. The van der Waals surface area contributed by atoms with Gasteiger partial charge >= 0.3 is 6.03 Å². The molecule has 2 rings (SSSR count). The molecule has 1 aromatic rings. The number of hydrogen-bond donors (Lipinski definition) is 2. The van der Waals surface area contributed by atoms with Crippen molar-refractivity contribution in [2.24, 2.45) is 5.73 Å². The third-order valence-corrected chi connectivity index (χ3v) is 3.44. The Bertz CT molecular complexity index is 462. The van der Waals surface area contributed by atoms with Crippen LogP contribution in [0.1, 0.15) is 23.6 Å². The molecule has 1 aliphatic heterocycles. The number of carbonyl (C=O) groups is 1. The molecule has 1 fully saturated rings. The summed E-state index contributed by atoms with van der Waals surface area (Å²) in [5.74, 6) is 0.869. The van der Waals surface area contributed by atoms with Crippen LogP contribution in [0.4, 0.5) is 4.79 Å². The van der Waals surface area contributed by atoms with Crippen LogP contribution in [0.2, 0.25) is 0 Å². The van der Waals surface area contributed by atoms with Gasteiger partial charge in [-0.2, -0.15) is 0 Å². The number of ether oxygens (including phenoxy) is 1. The third-order valence-electron chi connectivity index (χ3n) is 3.44. The molecule has 1 aliphatic rings. The second-order valence-corrected chi connectivity index (χ2v) is 4.82. The first kappa shape index (κ1) is 13.7. The zero-order valence-corrected chi connectivity index (χ0v) is 11.5. The van der Waals surface area contributed by atoms with Gasteiger partial charge in [0.1, 0.15) is 5.75 Å². The van der Waals surface area contributed by atoms with E-state index in [0.717, 1.165) is 23.3 Å². The number of methoxy groups -OCH3 is 1. The molecule has 1 atom stereocenters. The van der Waals surface area contributed by atoms with E-state index < -0.39 is 0 Å². The standard InChI is InChI=1S/C14H21N3O2/c1-10-8-11(4-5-13(10)19-2)12-9-17(7-3-6-15)14(18)16-12/h4-5,8,12H,3,6-7,9,15H2,1-2H3,(H,16,18). The number of carbonyl (C=O) groups excluding carboxylic acids is 1. The predicted octanol–water partition coefficient (Wildman–Crippen LogP) is 1.42. The van der Waals surface area contributed by atoms with Crippen LogP contribution < -0.4 is 15.8 Å². The molecule has 19 heavy (non-hydrogen) atoms.